The lowest BCUT2D eigenvalue weighted by molar-refractivity contribution is -0.119. The molecule has 142 valence electrons. The molecule has 0 saturated heterocycles. The molecule has 0 spiro atoms. The molecule has 1 N–H and O–H groups in total. The quantitative estimate of drug-likeness (QED) is 0.508. The first-order valence-corrected chi connectivity index (χ1v) is 9.18. The van der Waals surface area contributed by atoms with Gasteiger partial charge in [-0.05, 0) is 23.8 Å². The van der Waals surface area contributed by atoms with Crippen molar-refractivity contribution in [2.24, 2.45) is 0 Å². The molecule has 5 nitrogen and oxygen atoms in total. The summed E-state index contributed by atoms with van der Waals surface area (Å²) in [7, 11) is 0. The predicted molar refractivity (Wildman–Crippen MR) is 113 cm³/mol. The maximum atomic E-state index is 12.3. The molecule has 29 heavy (non-hydrogen) atoms. The van der Waals surface area contributed by atoms with Gasteiger partial charge in [0.25, 0.3) is 5.91 Å². The van der Waals surface area contributed by atoms with E-state index in [2.05, 4.69) is 10.3 Å². The van der Waals surface area contributed by atoms with Crippen molar-refractivity contribution in [1.82, 2.24) is 4.98 Å². The fourth-order valence-corrected chi connectivity index (χ4v) is 3.03. The highest BCUT2D eigenvalue weighted by Gasteiger charge is 2.13. The standard InChI is InChI=1S/C24H18N2O3/c27-23(26-21-13-7-5-11-19(21)17-8-2-1-3-9-17)16-29-24(28)22-15-14-18-10-4-6-12-20(18)25-22/h1-15H,16H2,(H,26,27). The highest BCUT2D eigenvalue weighted by Crippen LogP contribution is 2.27. The summed E-state index contributed by atoms with van der Waals surface area (Å²) in [4.78, 5) is 28.9. The first-order valence-electron chi connectivity index (χ1n) is 9.18. The lowest BCUT2D eigenvalue weighted by Crippen LogP contribution is -2.21. The summed E-state index contributed by atoms with van der Waals surface area (Å²) in [5.74, 6) is -1.05. The van der Waals surface area contributed by atoms with Gasteiger partial charge in [0.1, 0.15) is 5.69 Å². The molecular formula is C24H18N2O3. The number of hydrogen-bond donors (Lipinski definition) is 1. The van der Waals surface area contributed by atoms with Gasteiger partial charge in [-0.1, -0.05) is 72.8 Å². The average molecular weight is 382 g/mol. The van der Waals surface area contributed by atoms with Gasteiger partial charge in [-0.3, -0.25) is 4.79 Å². The molecule has 3 aromatic carbocycles. The molecule has 0 saturated carbocycles. The van der Waals surface area contributed by atoms with Crippen molar-refractivity contribution in [2.45, 2.75) is 0 Å². The van der Waals surface area contributed by atoms with Crippen molar-refractivity contribution >= 4 is 28.5 Å². The monoisotopic (exact) mass is 382 g/mol. The Morgan fingerprint density at radius 1 is 0.793 bits per heavy atom. The summed E-state index contributed by atoms with van der Waals surface area (Å²) in [5.41, 5.74) is 3.40. The van der Waals surface area contributed by atoms with Gasteiger partial charge in [0.15, 0.2) is 6.61 Å². The Labute approximate surface area is 168 Å². The zero-order chi connectivity index (χ0) is 20.1. The Balaban J connectivity index is 1.42. The second kappa shape index (κ2) is 8.35. The van der Waals surface area contributed by atoms with Crippen LogP contribution in [0.15, 0.2) is 91.0 Å². The Morgan fingerprint density at radius 2 is 1.52 bits per heavy atom. The Morgan fingerprint density at radius 3 is 2.38 bits per heavy atom. The number of fused-ring (bicyclic) bond motifs is 1. The maximum absolute atomic E-state index is 12.3. The first kappa shape index (κ1) is 18.4. The molecule has 1 aromatic heterocycles. The summed E-state index contributed by atoms with van der Waals surface area (Å²) in [6.45, 7) is -0.392. The minimum absolute atomic E-state index is 0.168. The van der Waals surface area contributed by atoms with Crippen molar-refractivity contribution in [3.8, 4) is 11.1 Å². The molecule has 4 rings (SSSR count). The van der Waals surface area contributed by atoms with Gasteiger partial charge in [-0.15, -0.1) is 0 Å². The summed E-state index contributed by atoms with van der Waals surface area (Å²) < 4.78 is 5.14. The second-order valence-electron chi connectivity index (χ2n) is 6.43. The number of hydrogen-bond acceptors (Lipinski definition) is 4. The maximum Gasteiger partial charge on any atom is 0.357 e. The highest BCUT2D eigenvalue weighted by molar-refractivity contribution is 5.98. The minimum Gasteiger partial charge on any atom is -0.451 e. The third-order valence-corrected chi connectivity index (χ3v) is 4.43. The van der Waals surface area contributed by atoms with Gasteiger partial charge in [0.2, 0.25) is 0 Å². The third-order valence-electron chi connectivity index (χ3n) is 4.43. The van der Waals surface area contributed by atoms with Crippen LogP contribution >= 0.6 is 0 Å². The number of carbonyl (C=O) groups is 2. The number of pyridine rings is 1. The number of ether oxygens (including phenoxy) is 1. The average Bonchev–Trinajstić information content (AvgIpc) is 2.78. The van der Waals surface area contributed by atoms with E-state index in [1.165, 1.54) is 0 Å². The van der Waals surface area contributed by atoms with Crippen LogP contribution in [0.25, 0.3) is 22.0 Å². The van der Waals surface area contributed by atoms with Crippen molar-refractivity contribution in [3.63, 3.8) is 0 Å². The van der Waals surface area contributed by atoms with E-state index in [9.17, 15) is 9.59 Å². The molecule has 0 aliphatic rings. The molecule has 0 aliphatic heterocycles. The number of carbonyl (C=O) groups excluding carboxylic acids is 2. The van der Waals surface area contributed by atoms with E-state index in [-0.39, 0.29) is 5.69 Å². The van der Waals surface area contributed by atoms with E-state index >= 15 is 0 Å². The number of esters is 1. The van der Waals surface area contributed by atoms with Crippen LogP contribution in [0.4, 0.5) is 5.69 Å². The fourth-order valence-electron chi connectivity index (χ4n) is 3.03. The molecule has 4 aromatic rings. The lowest BCUT2D eigenvalue weighted by Gasteiger charge is -2.11. The molecular weight excluding hydrogens is 364 g/mol. The van der Waals surface area contributed by atoms with Gasteiger partial charge >= 0.3 is 5.97 Å². The molecule has 0 radical (unpaired) electrons. The van der Waals surface area contributed by atoms with E-state index in [1.54, 1.807) is 12.1 Å². The smallest absolute Gasteiger partial charge is 0.357 e. The summed E-state index contributed by atoms with van der Waals surface area (Å²) in [6.07, 6.45) is 0. The number of rotatable bonds is 5. The molecule has 0 aliphatic carbocycles. The molecule has 5 heteroatoms. The molecule has 0 bridgehead atoms. The lowest BCUT2D eigenvalue weighted by atomic mass is 10.0. The van der Waals surface area contributed by atoms with Crippen LogP contribution in [0.1, 0.15) is 10.5 Å². The van der Waals surface area contributed by atoms with Crippen molar-refractivity contribution < 1.29 is 14.3 Å². The number of aromatic nitrogens is 1. The minimum atomic E-state index is -0.637. The van der Waals surface area contributed by atoms with Gasteiger partial charge in [-0.25, -0.2) is 9.78 Å². The van der Waals surface area contributed by atoms with Crippen LogP contribution < -0.4 is 5.32 Å². The van der Waals surface area contributed by atoms with E-state index in [1.807, 2.05) is 78.9 Å². The number of amides is 1. The van der Waals surface area contributed by atoms with Crippen LogP contribution in [-0.4, -0.2) is 23.5 Å². The third kappa shape index (κ3) is 4.30. The van der Waals surface area contributed by atoms with Crippen LogP contribution in [0.5, 0.6) is 0 Å². The molecule has 0 fully saturated rings. The van der Waals surface area contributed by atoms with Gasteiger partial charge < -0.3 is 10.1 Å². The van der Waals surface area contributed by atoms with Gasteiger partial charge in [-0.2, -0.15) is 0 Å². The van der Waals surface area contributed by atoms with E-state index < -0.39 is 18.5 Å². The zero-order valence-corrected chi connectivity index (χ0v) is 15.5. The molecule has 1 amide bonds. The molecule has 0 atom stereocenters. The summed E-state index contributed by atoms with van der Waals surface area (Å²) in [5, 5.41) is 3.74. The number of nitrogens with one attached hydrogen (secondary N) is 1. The van der Waals surface area contributed by atoms with Crippen LogP contribution in [0.3, 0.4) is 0 Å². The van der Waals surface area contributed by atoms with Crippen molar-refractivity contribution in [3.05, 3.63) is 96.7 Å². The van der Waals surface area contributed by atoms with Crippen molar-refractivity contribution in [2.75, 3.05) is 11.9 Å². The van der Waals surface area contributed by atoms with Gasteiger partial charge in [0, 0.05) is 16.6 Å². The normalized spacial score (nSPS) is 10.5. The SMILES string of the molecule is O=C(COC(=O)c1ccc2ccccc2n1)Nc1ccccc1-c1ccccc1. The summed E-state index contributed by atoms with van der Waals surface area (Å²) in [6, 6.07) is 28.1. The second-order valence-corrected chi connectivity index (χ2v) is 6.43. The Bertz CT molecular complexity index is 1170. The van der Waals surface area contributed by atoms with Gasteiger partial charge in [0.05, 0.1) is 5.52 Å². The number of para-hydroxylation sites is 2. The molecule has 1 heterocycles. The summed E-state index contributed by atoms with van der Waals surface area (Å²) >= 11 is 0. The Kier molecular flexibility index (Phi) is 5.29. The van der Waals surface area contributed by atoms with E-state index in [0.29, 0.717) is 11.2 Å². The highest BCUT2D eigenvalue weighted by atomic mass is 16.5. The predicted octanol–water partition coefficient (Wildman–Crippen LogP) is 4.70. The number of nitrogens with zero attached hydrogens (tertiary/aromatic N) is 1. The fraction of sp³-hybridized carbons (Fsp3) is 0.0417. The van der Waals surface area contributed by atoms with Crippen LogP contribution in [0, 0.1) is 0 Å². The number of anilines is 1. The van der Waals surface area contributed by atoms with Crippen molar-refractivity contribution in [1.29, 1.82) is 0 Å². The van der Waals surface area contributed by atoms with Crippen LogP contribution in [0.2, 0.25) is 0 Å². The topological polar surface area (TPSA) is 68.3 Å². The zero-order valence-electron chi connectivity index (χ0n) is 15.5. The molecule has 0 unspecified atom stereocenters. The number of benzene rings is 3. The van der Waals surface area contributed by atoms with Crippen LogP contribution in [-0.2, 0) is 9.53 Å². The first-order chi connectivity index (χ1) is 14.2. The largest absolute Gasteiger partial charge is 0.451 e. The Hall–Kier alpha value is -3.99. The van der Waals surface area contributed by atoms with E-state index in [0.717, 1.165) is 16.5 Å². The van der Waals surface area contributed by atoms with E-state index in [4.69, 9.17) is 4.74 Å².